The number of nitrogens with one attached hydrogen (secondary N) is 1. The molecule has 0 saturated heterocycles. The molecule has 2 aromatic carbocycles. The third kappa shape index (κ3) is 4.35. The average molecular weight is 367 g/mol. The summed E-state index contributed by atoms with van der Waals surface area (Å²) in [4.78, 5) is 4.48. The number of aliphatic imine (C=N–C) groups is 1. The molecule has 27 heavy (non-hydrogen) atoms. The number of methoxy groups -OCH3 is 2. The zero-order chi connectivity index (χ0) is 19.3. The number of rotatable bonds is 6. The third-order valence-electron chi connectivity index (χ3n) is 5.38. The molecule has 2 aromatic rings. The highest BCUT2D eigenvalue weighted by Gasteiger charge is 2.31. The smallest absolute Gasteiger partial charge is 0.188 e. The van der Waals surface area contributed by atoms with Gasteiger partial charge in [-0.2, -0.15) is 0 Å². The molecule has 144 valence electrons. The monoisotopic (exact) mass is 367 g/mol. The summed E-state index contributed by atoms with van der Waals surface area (Å²) in [5, 5.41) is 3.33. The molecule has 1 unspecified atom stereocenters. The molecule has 1 aliphatic carbocycles. The lowest BCUT2D eigenvalue weighted by Crippen LogP contribution is -2.43. The Labute approximate surface area is 161 Å². The molecule has 0 saturated carbocycles. The SMILES string of the molecule is COc1ccc(CN=C(N)NCC2(C)CCCc3ccccc32)cc1OC. The highest BCUT2D eigenvalue weighted by atomic mass is 16.5. The molecule has 3 N–H and O–H groups in total. The van der Waals surface area contributed by atoms with Crippen LogP contribution in [0.3, 0.4) is 0 Å². The fourth-order valence-electron chi connectivity index (χ4n) is 3.81. The van der Waals surface area contributed by atoms with Gasteiger partial charge in [0.15, 0.2) is 17.5 Å². The van der Waals surface area contributed by atoms with E-state index in [9.17, 15) is 0 Å². The van der Waals surface area contributed by atoms with Crippen molar-refractivity contribution in [1.29, 1.82) is 0 Å². The fourth-order valence-corrected chi connectivity index (χ4v) is 3.81. The first kappa shape index (κ1) is 19.1. The number of ether oxygens (including phenoxy) is 2. The summed E-state index contributed by atoms with van der Waals surface area (Å²) in [6.07, 6.45) is 3.52. The van der Waals surface area contributed by atoms with E-state index < -0.39 is 0 Å². The fraction of sp³-hybridized carbons (Fsp3) is 0.409. The van der Waals surface area contributed by atoms with E-state index in [1.165, 1.54) is 17.5 Å². The highest BCUT2D eigenvalue weighted by molar-refractivity contribution is 5.78. The molecule has 1 atom stereocenters. The van der Waals surface area contributed by atoms with Crippen molar-refractivity contribution in [3.05, 3.63) is 59.2 Å². The first-order valence-corrected chi connectivity index (χ1v) is 9.39. The van der Waals surface area contributed by atoms with Crippen LogP contribution in [0.5, 0.6) is 11.5 Å². The molecule has 0 aromatic heterocycles. The predicted molar refractivity (Wildman–Crippen MR) is 110 cm³/mol. The van der Waals surface area contributed by atoms with E-state index in [2.05, 4.69) is 41.5 Å². The van der Waals surface area contributed by atoms with E-state index in [0.29, 0.717) is 24.0 Å². The van der Waals surface area contributed by atoms with E-state index in [0.717, 1.165) is 24.9 Å². The minimum Gasteiger partial charge on any atom is -0.493 e. The maximum absolute atomic E-state index is 6.13. The van der Waals surface area contributed by atoms with Gasteiger partial charge in [-0.05, 0) is 48.1 Å². The average Bonchev–Trinajstić information content (AvgIpc) is 2.71. The van der Waals surface area contributed by atoms with Gasteiger partial charge in [-0.1, -0.05) is 37.3 Å². The van der Waals surface area contributed by atoms with Crippen LogP contribution in [0.4, 0.5) is 0 Å². The molecule has 0 spiro atoms. The van der Waals surface area contributed by atoms with Crippen molar-refractivity contribution >= 4 is 5.96 Å². The van der Waals surface area contributed by atoms with Gasteiger partial charge in [-0.15, -0.1) is 0 Å². The summed E-state index contributed by atoms with van der Waals surface area (Å²) in [6.45, 7) is 3.58. The number of nitrogens with zero attached hydrogens (tertiary/aromatic N) is 1. The lowest BCUT2D eigenvalue weighted by Gasteiger charge is -2.36. The van der Waals surface area contributed by atoms with E-state index >= 15 is 0 Å². The summed E-state index contributed by atoms with van der Waals surface area (Å²) in [5.41, 5.74) is 10.1. The van der Waals surface area contributed by atoms with Gasteiger partial charge >= 0.3 is 0 Å². The zero-order valence-corrected chi connectivity index (χ0v) is 16.4. The van der Waals surface area contributed by atoms with Gasteiger partial charge in [0.05, 0.1) is 20.8 Å². The van der Waals surface area contributed by atoms with Crippen LogP contribution in [0.25, 0.3) is 0 Å². The summed E-state index contributed by atoms with van der Waals surface area (Å²) < 4.78 is 10.6. The van der Waals surface area contributed by atoms with E-state index in [4.69, 9.17) is 15.2 Å². The standard InChI is InChI=1S/C22H29N3O2/c1-22(12-6-8-17-7-4-5-9-18(17)22)15-25-21(23)24-14-16-10-11-19(26-2)20(13-16)27-3/h4-5,7,9-11,13H,6,8,12,14-15H2,1-3H3,(H3,23,24,25). The normalized spacial score (nSPS) is 19.3. The topological polar surface area (TPSA) is 68.9 Å². The molecule has 1 aliphatic rings. The molecular formula is C22H29N3O2. The lowest BCUT2D eigenvalue weighted by atomic mass is 9.71. The van der Waals surface area contributed by atoms with Crippen LogP contribution in [0.2, 0.25) is 0 Å². The summed E-state index contributed by atoms with van der Waals surface area (Å²) in [5.74, 6) is 1.87. The molecule has 3 rings (SSSR count). The second-order valence-corrected chi connectivity index (χ2v) is 7.32. The van der Waals surface area contributed by atoms with Crippen LogP contribution in [-0.4, -0.2) is 26.7 Å². The molecule has 0 heterocycles. The van der Waals surface area contributed by atoms with E-state index in [1.54, 1.807) is 14.2 Å². The number of hydrogen-bond acceptors (Lipinski definition) is 3. The number of fused-ring (bicyclic) bond motifs is 1. The maximum Gasteiger partial charge on any atom is 0.188 e. The zero-order valence-electron chi connectivity index (χ0n) is 16.4. The number of aryl methyl sites for hydroxylation is 1. The van der Waals surface area contributed by atoms with E-state index in [-0.39, 0.29) is 5.41 Å². The number of hydrogen-bond donors (Lipinski definition) is 2. The molecule has 0 bridgehead atoms. The van der Waals surface area contributed by atoms with Crippen LogP contribution < -0.4 is 20.5 Å². The molecule has 5 nitrogen and oxygen atoms in total. The Morgan fingerprint density at radius 1 is 1.15 bits per heavy atom. The number of nitrogens with two attached hydrogens (primary N) is 1. The van der Waals surface area contributed by atoms with Gasteiger partial charge in [0.25, 0.3) is 0 Å². The highest BCUT2D eigenvalue weighted by Crippen LogP contribution is 2.36. The van der Waals surface area contributed by atoms with Gasteiger partial charge in [-0.25, -0.2) is 4.99 Å². The summed E-state index contributed by atoms with van der Waals surface area (Å²) in [7, 11) is 3.26. The van der Waals surface area contributed by atoms with Gasteiger partial charge in [0.1, 0.15) is 0 Å². The van der Waals surface area contributed by atoms with Crippen LogP contribution in [0, 0.1) is 0 Å². The van der Waals surface area contributed by atoms with Gasteiger partial charge < -0.3 is 20.5 Å². The van der Waals surface area contributed by atoms with Crippen molar-refractivity contribution in [2.75, 3.05) is 20.8 Å². The predicted octanol–water partition coefficient (Wildman–Crippen LogP) is 3.40. The minimum absolute atomic E-state index is 0.0817. The molecule has 0 fully saturated rings. The Balaban J connectivity index is 1.64. The van der Waals surface area contributed by atoms with Crippen molar-refractivity contribution in [3.63, 3.8) is 0 Å². The molecule has 0 radical (unpaired) electrons. The maximum atomic E-state index is 6.13. The lowest BCUT2D eigenvalue weighted by molar-refractivity contribution is 0.354. The van der Waals surface area contributed by atoms with Crippen LogP contribution in [-0.2, 0) is 18.4 Å². The first-order valence-electron chi connectivity index (χ1n) is 9.39. The third-order valence-corrected chi connectivity index (χ3v) is 5.38. The van der Waals surface area contributed by atoms with Crippen molar-refractivity contribution < 1.29 is 9.47 Å². The van der Waals surface area contributed by atoms with Crippen molar-refractivity contribution in [2.24, 2.45) is 10.7 Å². The Morgan fingerprint density at radius 2 is 1.93 bits per heavy atom. The number of benzene rings is 2. The minimum atomic E-state index is 0.0817. The van der Waals surface area contributed by atoms with Gasteiger partial charge in [-0.3, -0.25) is 0 Å². The van der Waals surface area contributed by atoms with Crippen molar-refractivity contribution in [3.8, 4) is 11.5 Å². The van der Waals surface area contributed by atoms with Crippen LogP contribution >= 0.6 is 0 Å². The Kier molecular flexibility index (Phi) is 5.89. The molecule has 0 aliphatic heterocycles. The van der Waals surface area contributed by atoms with Gasteiger partial charge in [0, 0.05) is 12.0 Å². The first-order chi connectivity index (χ1) is 13.1. The second-order valence-electron chi connectivity index (χ2n) is 7.32. The second kappa shape index (κ2) is 8.33. The Morgan fingerprint density at radius 3 is 2.70 bits per heavy atom. The Bertz CT molecular complexity index is 819. The quantitative estimate of drug-likeness (QED) is 0.606. The summed E-state index contributed by atoms with van der Waals surface area (Å²) >= 11 is 0. The number of guanidine groups is 1. The Hall–Kier alpha value is -2.69. The molecular weight excluding hydrogens is 338 g/mol. The largest absolute Gasteiger partial charge is 0.493 e. The van der Waals surface area contributed by atoms with Gasteiger partial charge in [0.2, 0.25) is 0 Å². The molecule has 5 heteroatoms. The van der Waals surface area contributed by atoms with Crippen molar-refractivity contribution in [2.45, 2.75) is 38.1 Å². The van der Waals surface area contributed by atoms with Crippen LogP contribution in [0.15, 0.2) is 47.5 Å². The van der Waals surface area contributed by atoms with Crippen molar-refractivity contribution in [1.82, 2.24) is 5.32 Å². The molecule has 0 amide bonds. The van der Waals surface area contributed by atoms with E-state index in [1.807, 2.05) is 18.2 Å². The summed E-state index contributed by atoms with van der Waals surface area (Å²) in [6, 6.07) is 14.5. The van der Waals surface area contributed by atoms with Crippen LogP contribution in [0.1, 0.15) is 36.5 Å².